The molecule has 1 aromatic rings. The molecule has 5 heteroatoms. The van der Waals surface area contributed by atoms with E-state index >= 15 is 0 Å². The van der Waals surface area contributed by atoms with E-state index in [2.05, 4.69) is 16.7 Å². The highest BCUT2D eigenvalue weighted by Gasteiger charge is 2.11. The SMILES string of the molecule is [CH2]COOC(=O)c1cc(OC)cc(OC)c1. The van der Waals surface area contributed by atoms with E-state index in [4.69, 9.17) is 9.47 Å². The third-order valence-corrected chi connectivity index (χ3v) is 1.81. The molecule has 0 amide bonds. The third-order valence-electron chi connectivity index (χ3n) is 1.81. The van der Waals surface area contributed by atoms with E-state index in [1.807, 2.05) is 0 Å². The molecule has 0 bridgehead atoms. The van der Waals surface area contributed by atoms with Crippen molar-refractivity contribution in [3.8, 4) is 11.5 Å². The second-order valence-electron chi connectivity index (χ2n) is 2.79. The summed E-state index contributed by atoms with van der Waals surface area (Å²) < 4.78 is 10.0. The van der Waals surface area contributed by atoms with E-state index in [9.17, 15) is 4.79 Å². The summed E-state index contributed by atoms with van der Waals surface area (Å²) >= 11 is 0. The monoisotopic (exact) mass is 225 g/mol. The van der Waals surface area contributed by atoms with Gasteiger partial charge >= 0.3 is 5.97 Å². The van der Waals surface area contributed by atoms with Crippen LogP contribution >= 0.6 is 0 Å². The van der Waals surface area contributed by atoms with Crippen LogP contribution in [0.2, 0.25) is 0 Å². The fourth-order valence-electron chi connectivity index (χ4n) is 1.07. The molecule has 0 saturated heterocycles. The minimum atomic E-state index is -0.624. The third kappa shape index (κ3) is 3.13. The van der Waals surface area contributed by atoms with Gasteiger partial charge in [-0.2, -0.15) is 4.89 Å². The number of carbonyl (C=O) groups excluding carboxylic acids is 1. The van der Waals surface area contributed by atoms with Crippen LogP contribution in [-0.2, 0) is 9.78 Å². The number of rotatable bonds is 5. The summed E-state index contributed by atoms with van der Waals surface area (Å²) in [6, 6.07) is 4.70. The standard InChI is InChI=1S/C11H13O5/c1-4-15-16-11(12)8-5-9(13-2)7-10(6-8)14-3/h5-7H,1,4H2,2-3H3. The first-order valence-electron chi connectivity index (χ1n) is 4.57. The first kappa shape index (κ1) is 12.3. The first-order chi connectivity index (χ1) is 7.71. The lowest BCUT2D eigenvalue weighted by atomic mass is 10.2. The Labute approximate surface area is 93.8 Å². The van der Waals surface area contributed by atoms with Crippen LogP contribution in [0.4, 0.5) is 0 Å². The Kier molecular flexibility index (Phi) is 4.60. The Morgan fingerprint density at radius 2 is 1.75 bits per heavy atom. The molecule has 0 spiro atoms. The van der Waals surface area contributed by atoms with Crippen molar-refractivity contribution in [3.63, 3.8) is 0 Å². The summed E-state index contributed by atoms with van der Waals surface area (Å²) in [5, 5.41) is 0. The lowest BCUT2D eigenvalue weighted by molar-refractivity contribution is -0.232. The van der Waals surface area contributed by atoms with Crippen LogP contribution in [0.3, 0.4) is 0 Å². The molecule has 16 heavy (non-hydrogen) atoms. The van der Waals surface area contributed by atoms with Crippen LogP contribution in [-0.4, -0.2) is 26.8 Å². The molecule has 0 unspecified atom stereocenters. The quantitative estimate of drug-likeness (QED) is 0.563. The molecular weight excluding hydrogens is 212 g/mol. The molecular formula is C11H13O5. The average Bonchev–Trinajstić information content (AvgIpc) is 2.35. The molecule has 0 aliphatic heterocycles. The Balaban J connectivity index is 2.89. The predicted octanol–water partition coefficient (Wildman–Crippen LogP) is 1.63. The lowest BCUT2D eigenvalue weighted by Crippen LogP contribution is -2.06. The Morgan fingerprint density at radius 3 is 2.19 bits per heavy atom. The summed E-state index contributed by atoms with van der Waals surface area (Å²) in [4.78, 5) is 20.4. The topological polar surface area (TPSA) is 54.0 Å². The van der Waals surface area contributed by atoms with E-state index in [0.717, 1.165) is 0 Å². The number of methoxy groups -OCH3 is 2. The van der Waals surface area contributed by atoms with Gasteiger partial charge in [0.25, 0.3) is 0 Å². The van der Waals surface area contributed by atoms with Crippen molar-refractivity contribution < 1.29 is 24.0 Å². The van der Waals surface area contributed by atoms with Gasteiger partial charge in [-0.05, 0) is 19.1 Å². The Bertz CT molecular complexity index is 339. The van der Waals surface area contributed by atoms with Crippen molar-refractivity contribution in [1.82, 2.24) is 0 Å². The number of ether oxygens (including phenoxy) is 2. The summed E-state index contributed by atoms with van der Waals surface area (Å²) in [7, 11) is 2.99. The van der Waals surface area contributed by atoms with Crippen molar-refractivity contribution in [3.05, 3.63) is 30.7 Å². The maximum absolute atomic E-state index is 11.5. The molecule has 0 atom stereocenters. The molecule has 87 valence electrons. The van der Waals surface area contributed by atoms with Crippen LogP contribution in [0.1, 0.15) is 10.4 Å². The van der Waals surface area contributed by atoms with Gasteiger partial charge in [-0.3, -0.25) is 4.89 Å². The normalized spacial score (nSPS) is 9.69. The van der Waals surface area contributed by atoms with Gasteiger partial charge in [0.1, 0.15) is 11.5 Å². The maximum Gasteiger partial charge on any atom is 0.373 e. The zero-order valence-electron chi connectivity index (χ0n) is 9.19. The molecule has 1 rings (SSSR count). The maximum atomic E-state index is 11.5. The first-order valence-corrected chi connectivity index (χ1v) is 4.57. The van der Waals surface area contributed by atoms with Crippen molar-refractivity contribution in [1.29, 1.82) is 0 Å². The minimum Gasteiger partial charge on any atom is -0.497 e. The van der Waals surface area contributed by atoms with Crippen LogP contribution < -0.4 is 9.47 Å². The summed E-state index contributed by atoms with van der Waals surface area (Å²) in [5.41, 5.74) is 0.282. The molecule has 0 aliphatic carbocycles. The molecule has 0 heterocycles. The highest BCUT2D eigenvalue weighted by molar-refractivity contribution is 5.90. The number of carbonyl (C=O) groups is 1. The van der Waals surface area contributed by atoms with Crippen molar-refractivity contribution in [2.45, 2.75) is 0 Å². The average molecular weight is 225 g/mol. The highest BCUT2D eigenvalue weighted by Crippen LogP contribution is 2.22. The second kappa shape index (κ2) is 5.97. The van der Waals surface area contributed by atoms with E-state index in [-0.39, 0.29) is 12.2 Å². The van der Waals surface area contributed by atoms with Gasteiger partial charge in [-0.25, -0.2) is 4.79 Å². The predicted molar refractivity (Wildman–Crippen MR) is 56.3 cm³/mol. The number of benzene rings is 1. The van der Waals surface area contributed by atoms with Gasteiger partial charge in [0, 0.05) is 6.07 Å². The van der Waals surface area contributed by atoms with Crippen LogP contribution in [0.5, 0.6) is 11.5 Å². The van der Waals surface area contributed by atoms with Crippen molar-refractivity contribution in [2.24, 2.45) is 0 Å². The van der Waals surface area contributed by atoms with Crippen LogP contribution in [0.15, 0.2) is 18.2 Å². The van der Waals surface area contributed by atoms with Gasteiger partial charge < -0.3 is 9.47 Å². The van der Waals surface area contributed by atoms with Crippen LogP contribution in [0.25, 0.3) is 0 Å². The highest BCUT2D eigenvalue weighted by atomic mass is 17.2. The smallest absolute Gasteiger partial charge is 0.373 e. The fraction of sp³-hybridized carbons (Fsp3) is 0.273. The lowest BCUT2D eigenvalue weighted by Gasteiger charge is -2.07. The van der Waals surface area contributed by atoms with Gasteiger partial charge in [0.2, 0.25) is 0 Å². The van der Waals surface area contributed by atoms with Gasteiger partial charge in [0.15, 0.2) is 0 Å². The Hall–Kier alpha value is -1.75. The van der Waals surface area contributed by atoms with E-state index in [0.29, 0.717) is 11.5 Å². The van der Waals surface area contributed by atoms with E-state index in [1.165, 1.54) is 26.4 Å². The molecule has 1 aromatic carbocycles. The van der Waals surface area contributed by atoms with Crippen molar-refractivity contribution in [2.75, 3.05) is 20.8 Å². The summed E-state index contributed by atoms with van der Waals surface area (Å²) in [5.74, 6) is 0.377. The molecule has 0 fully saturated rings. The zero-order valence-corrected chi connectivity index (χ0v) is 9.19. The minimum absolute atomic E-state index is 0.0485. The molecule has 0 N–H and O–H groups in total. The molecule has 5 nitrogen and oxygen atoms in total. The largest absolute Gasteiger partial charge is 0.497 e. The van der Waals surface area contributed by atoms with Gasteiger partial charge in [0.05, 0.1) is 26.4 Å². The van der Waals surface area contributed by atoms with Gasteiger partial charge in [-0.15, -0.1) is 0 Å². The summed E-state index contributed by atoms with van der Waals surface area (Å²) in [6.45, 7) is 3.42. The van der Waals surface area contributed by atoms with E-state index < -0.39 is 5.97 Å². The van der Waals surface area contributed by atoms with Gasteiger partial charge in [-0.1, -0.05) is 0 Å². The molecule has 1 radical (unpaired) electrons. The molecule has 0 aliphatic rings. The zero-order chi connectivity index (χ0) is 12.0. The van der Waals surface area contributed by atoms with E-state index in [1.54, 1.807) is 6.07 Å². The van der Waals surface area contributed by atoms with Crippen molar-refractivity contribution >= 4 is 5.97 Å². The molecule has 0 aromatic heterocycles. The summed E-state index contributed by atoms with van der Waals surface area (Å²) in [6.07, 6.45) is 0. The number of hydrogen-bond donors (Lipinski definition) is 0. The fourth-order valence-corrected chi connectivity index (χ4v) is 1.07. The Morgan fingerprint density at radius 1 is 1.19 bits per heavy atom. The second-order valence-corrected chi connectivity index (χ2v) is 2.79. The molecule has 0 saturated carbocycles. The van der Waals surface area contributed by atoms with Crippen LogP contribution in [0, 0.1) is 6.92 Å². The number of hydrogen-bond acceptors (Lipinski definition) is 5.